The maximum Gasteiger partial charge on any atom is 1.00 e. The molecule has 0 aromatic heterocycles. The first kappa shape index (κ1) is 55.1. The van der Waals surface area contributed by atoms with Crippen LogP contribution < -0.4 is 29.6 Å². The summed E-state index contributed by atoms with van der Waals surface area (Å²) in [5, 5.41) is 18.8. The van der Waals surface area contributed by atoms with Crippen molar-refractivity contribution in [1.29, 1.82) is 0 Å². The average Bonchev–Trinajstić information content (AvgIpc) is 3.65. The molecule has 2 aliphatic rings. The van der Waals surface area contributed by atoms with Crippen LogP contribution in [0.3, 0.4) is 0 Å². The summed E-state index contributed by atoms with van der Waals surface area (Å²) in [6.07, 6.45) is -0.744. The molecule has 10 nitrogen and oxygen atoms in total. The molecule has 0 spiro atoms. The van der Waals surface area contributed by atoms with Gasteiger partial charge in [0.2, 0.25) is 0 Å². The van der Waals surface area contributed by atoms with Crippen LogP contribution in [0.15, 0.2) is 36.4 Å². The van der Waals surface area contributed by atoms with Crippen molar-refractivity contribution >= 4 is 34.1 Å². The van der Waals surface area contributed by atoms with Crippen molar-refractivity contribution < 1.29 is 98.9 Å². The first-order valence-corrected chi connectivity index (χ1v) is 17.2. The Morgan fingerprint density at radius 3 is 1.36 bits per heavy atom. The van der Waals surface area contributed by atoms with Crippen LogP contribution >= 0.6 is 0 Å². The van der Waals surface area contributed by atoms with Gasteiger partial charge < -0.3 is 29.3 Å². The van der Waals surface area contributed by atoms with Gasteiger partial charge in [-0.1, -0.05) is 8.41 Å². The standard InChI is InChI=1S/C16H19F2NO4.C16H21F2NO3.C4H10O.BF3.BH4.Na/c1-16(2,3)23-15(22)19-8-10(6-13(19)14(20)21)9-4-11(17)7-12(18)5-9;1-16(2,3)22-15(21)19-8-11(6-14(19)9-20)10-4-12(17)7-13(18)5-10;1-3-5-4-2;2-1(3)4;;/h4-5,7,10,13H,6,8H2,1-3H3,(H,20,21);4-5,7,11,14,20H,6,8-9H2,1-3H3;3-4H2,1-2H3;;1H4;/q;;;;-1;+1/t10-,13?;11-,14?;;;;/m00..../s1. The fourth-order valence-corrected chi connectivity index (χ4v) is 5.54. The van der Waals surface area contributed by atoms with Crippen LogP contribution in [-0.2, 0) is 19.0 Å². The zero-order valence-electron chi connectivity index (χ0n) is 32.7. The molecule has 2 heterocycles. The van der Waals surface area contributed by atoms with Crippen molar-refractivity contribution in [1.82, 2.24) is 9.80 Å². The third-order valence-corrected chi connectivity index (χ3v) is 7.59. The molecule has 2 aromatic carbocycles. The SMILES string of the molecule is CC(C)(C)OC(=O)N1C[C@@H](c2cc(F)cc(F)c2)CC1C(=O)O.CC(C)(C)OC(=O)N1C[C@@H](c2cc(F)cc(F)c2)CC1CO.CCOCC.FB(F)F.[BH4-].[Na+]. The first-order valence-electron chi connectivity index (χ1n) is 17.2. The molecule has 2 unspecified atom stereocenters. The molecule has 2 saturated heterocycles. The number of ether oxygens (including phenoxy) is 3. The molecule has 2 amide bonds. The van der Waals surface area contributed by atoms with Gasteiger partial charge in [-0.15, -0.1) is 0 Å². The van der Waals surface area contributed by atoms with Gasteiger partial charge in [0.05, 0.1) is 12.6 Å². The van der Waals surface area contributed by atoms with Gasteiger partial charge in [0, 0.05) is 50.3 Å². The minimum Gasteiger partial charge on any atom is -0.480 e. The Balaban J connectivity index is 0. The molecule has 312 valence electrons. The predicted octanol–water partition coefficient (Wildman–Crippen LogP) is 3.67. The van der Waals surface area contributed by atoms with E-state index in [1.165, 1.54) is 17.0 Å². The Hall–Kier alpha value is -2.99. The van der Waals surface area contributed by atoms with Crippen LogP contribution in [0.2, 0.25) is 0 Å². The van der Waals surface area contributed by atoms with E-state index < -0.39 is 78.2 Å². The van der Waals surface area contributed by atoms with E-state index in [0.29, 0.717) is 17.5 Å². The quantitative estimate of drug-likeness (QED) is 0.335. The number of hydrogen-bond donors (Lipinski definition) is 2. The van der Waals surface area contributed by atoms with Crippen LogP contribution in [0.1, 0.15) is 91.2 Å². The molecular weight excluding hydrogens is 766 g/mol. The Morgan fingerprint density at radius 1 is 0.714 bits per heavy atom. The number of rotatable bonds is 6. The van der Waals surface area contributed by atoms with Gasteiger partial charge in [0.1, 0.15) is 40.5 Å². The topological polar surface area (TPSA) is 126 Å². The molecule has 2 aliphatic heterocycles. The van der Waals surface area contributed by atoms with Crippen molar-refractivity contribution in [3.05, 3.63) is 70.8 Å². The molecule has 2 N–H and O–H groups in total. The van der Waals surface area contributed by atoms with Crippen LogP contribution in [0.25, 0.3) is 0 Å². The van der Waals surface area contributed by atoms with Crippen molar-refractivity contribution in [2.45, 2.75) is 103 Å². The number of likely N-dealkylation sites (tertiary alicyclic amines) is 2. The third-order valence-electron chi connectivity index (χ3n) is 7.59. The summed E-state index contributed by atoms with van der Waals surface area (Å²) in [6.45, 7) is 16.1. The molecule has 56 heavy (non-hydrogen) atoms. The Labute approximate surface area is 348 Å². The molecule has 20 heteroatoms. The molecule has 0 saturated carbocycles. The second kappa shape index (κ2) is 25.4. The minimum absolute atomic E-state index is 0. The predicted molar refractivity (Wildman–Crippen MR) is 198 cm³/mol. The third kappa shape index (κ3) is 20.4. The number of aliphatic hydroxyl groups excluding tert-OH is 1. The molecule has 4 rings (SSSR count). The van der Waals surface area contributed by atoms with E-state index in [1.807, 2.05) is 13.8 Å². The smallest absolute Gasteiger partial charge is 0.480 e. The van der Waals surface area contributed by atoms with Gasteiger partial charge in [-0.25, -0.2) is 31.9 Å². The second-order valence-electron chi connectivity index (χ2n) is 14.3. The summed E-state index contributed by atoms with van der Waals surface area (Å²) in [5.41, 5.74) is -0.578. The Kier molecular flexibility index (Phi) is 25.0. The van der Waals surface area contributed by atoms with Crippen LogP contribution in [0.5, 0.6) is 0 Å². The van der Waals surface area contributed by atoms with Gasteiger partial charge >= 0.3 is 55.3 Å². The minimum atomic E-state index is -3.67. The van der Waals surface area contributed by atoms with Gasteiger partial charge in [-0.2, -0.15) is 0 Å². The van der Waals surface area contributed by atoms with E-state index in [-0.39, 0.29) is 70.0 Å². The van der Waals surface area contributed by atoms with Crippen LogP contribution in [0.4, 0.5) is 40.1 Å². The number of carbonyl (C=O) groups is 3. The summed E-state index contributed by atoms with van der Waals surface area (Å²) >= 11 is 0. The fraction of sp³-hybridized carbons (Fsp3) is 0.583. The molecule has 0 bridgehead atoms. The second-order valence-corrected chi connectivity index (χ2v) is 14.3. The van der Waals surface area contributed by atoms with E-state index in [4.69, 9.17) is 14.2 Å². The van der Waals surface area contributed by atoms with E-state index in [1.54, 1.807) is 41.5 Å². The number of carbonyl (C=O) groups excluding carboxylic acids is 2. The zero-order chi connectivity index (χ0) is 41.6. The molecular formula is C36H54B2F7N2NaO8. The average molecular weight is 820 g/mol. The van der Waals surface area contributed by atoms with Crippen LogP contribution in [-0.4, -0.2) is 110 Å². The molecule has 0 radical (unpaired) electrons. The van der Waals surface area contributed by atoms with E-state index in [2.05, 4.69) is 0 Å². The molecule has 2 fully saturated rings. The summed E-state index contributed by atoms with van der Waals surface area (Å²) in [7, 11) is -3.67. The van der Waals surface area contributed by atoms with Crippen molar-refractivity contribution in [3.63, 3.8) is 0 Å². The number of nitrogens with zero attached hydrogens (tertiary/aromatic N) is 2. The number of amides is 2. The molecule has 0 aliphatic carbocycles. The van der Waals surface area contributed by atoms with E-state index in [9.17, 15) is 55.1 Å². The van der Waals surface area contributed by atoms with E-state index >= 15 is 0 Å². The summed E-state index contributed by atoms with van der Waals surface area (Å²) < 4.78 is 97.8. The first-order chi connectivity index (χ1) is 24.9. The van der Waals surface area contributed by atoms with Crippen molar-refractivity contribution in [3.8, 4) is 0 Å². The normalized spacial score (nSPS) is 18.6. The van der Waals surface area contributed by atoms with Gasteiger partial charge in [-0.05, 0) is 104 Å². The number of benzene rings is 2. The fourth-order valence-electron chi connectivity index (χ4n) is 5.54. The largest absolute Gasteiger partial charge is 1.00 e. The van der Waals surface area contributed by atoms with Crippen LogP contribution in [0, 0.1) is 23.3 Å². The maximum absolute atomic E-state index is 13.4. The molecule has 4 atom stereocenters. The number of aliphatic hydroxyl groups is 1. The van der Waals surface area contributed by atoms with Gasteiger partial charge in [0.25, 0.3) is 0 Å². The summed E-state index contributed by atoms with van der Waals surface area (Å²) in [6, 6.07) is 4.91. The van der Waals surface area contributed by atoms with Gasteiger partial charge in [-0.3, -0.25) is 17.8 Å². The van der Waals surface area contributed by atoms with E-state index in [0.717, 1.165) is 42.4 Å². The van der Waals surface area contributed by atoms with Crippen molar-refractivity contribution in [2.75, 3.05) is 32.9 Å². The summed E-state index contributed by atoms with van der Waals surface area (Å²) in [4.78, 5) is 38.3. The van der Waals surface area contributed by atoms with Crippen molar-refractivity contribution in [2.24, 2.45) is 0 Å². The Bertz CT molecular complexity index is 1480. The number of carboxylic acids is 1. The number of aliphatic carboxylic acids is 1. The zero-order valence-corrected chi connectivity index (χ0v) is 34.7. The number of halogens is 7. The van der Waals surface area contributed by atoms with Gasteiger partial charge in [0.15, 0.2) is 0 Å². The molecule has 2 aromatic rings. The number of carboxylic acid groups (broad SMARTS) is 1. The Morgan fingerprint density at radius 2 is 1.05 bits per heavy atom. The monoisotopic (exact) mass is 820 g/mol. The summed E-state index contributed by atoms with van der Waals surface area (Å²) in [5.74, 6) is -4.62. The number of hydrogen-bond acceptors (Lipinski definition) is 7. The maximum atomic E-state index is 13.4.